The van der Waals surface area contributed by atoms with Gasteiger partial charge < -0.3 is 13.7 Å². The first-order valence-electron chi connectivity index (χ1n) is 8.39. The minimum absolute atomic E-state index is 0.0965. The molecule has 4 heterocycles. The maximum atomic E-state index is 5.89. The van der Waals surface area contributed by atoms with Gasteiger partial charge in [0, 0.05) is 18.8 Å². The number of rotatable bonds is 5. The average Bonchev–Trinajstić information content (AvgIpc) is 3.30. The van der Waals surface area contributed by atoms with Crippen LogP contribution in [0.15, 0.2) is 33.4 Å². The van der Waals surface area contributed by atoms with Crippen LogP contribution in [0.1, 0.15) is 17.3 Å². The van der Waals surface area contributed by atoms with Crippen LogP contribution < -0.4 is 0 Å². The summed E-state index contributed by atoms with van der Waals surface area (Å²) in [6.45, 7) is 7.74. The maximum Gasteiger partial charge on any atom is 0.241 e. The molecule has 1 fully saturated rings. The second kappa shape index (κ2) is 6.81. The van der Waals surface area contributed by atoms with E-state index in [2.05, 4.69) is 33.1 Å². The molecule has 0 aromatic carbocycles. The Morgan fingerprint density at radius 1 is 1.32 bits per heavy atom. The maximum absolute atomic E-state index is 5.89. The van der Waals surface area contributed by atoms with E-state index < -0.39 is 0 Å². The van der Waals surface area contributed by atoms with Gasteiger partial charge in [0.2, 0.25) is 11.7 Å². The molecule has 1 aliphatic heterocycles. The van der Waals surface area contributed by atoms with Crippen molar-refractivity contribution in [1.82, 2.24) is 24.8 Å². The van der Waals surface area contributed by atoms with E-state index in [0.717, 1.165) is 31.0 Å². The van der Waals surface area contributed by atoms with Gasteiger partial charge in [-0.3, -0.25) is 9.58 Å². The Hall–Kier alpha value is -2.45. The molecule has 1 saturated heterocycles. The monoisotopic (exact) mass is 343 g/mol. The molecule has 25 heavy (non-hydrogen) atoms. The lowest BCUT2D eigenvalue weighted by atomic mass is 10.2. The Morgan fingerprint density at radius 2 is 2.24 bits per heavy atom. The molecule has 3 aromatic rings. The highest BCUT2D eigenvalue weighted by atomic mass is 16.5. The molecular formula is C17H21N5O3. The molecule has 3 aromatic heterocycles. The predicted molar refractivity (Wildman–Crippen MR) is 88.7 cm³/mol. The van der Waals surface area contributed by atoms with Gasteiger partial charge in [0.1, 0.15) is 0 Å². The summed E-state index contributed by atoms with van der Waals surface area (Å²) in [7, 11) is 0. The van der Waals surface area contributed by atoms with Gasteiger partial charge in [-0.1, -0.05) is 5.16 Å². The summed E-state index contributed by atoms with van der Waals surface area (Å²) in [5, 5.41) is 8.49. The van der Waals surface area contributed by atoms with Gasteiger partial charge >= 0.3 is 0 Å². The molecule has 0 saturated carbocycles. The predicted octanol–water partition coefficient (Wildman–Crippen LogP) is 2.04. The van der Waals surface area contributed by atoms with Crippen molar-refractivity contribution in [3.05, 3.63) is 41.7 Å². The molecule has 0 aliphatic carbocycles. The highest BCUT2D eigenvalue weighted by Gasteiger charge is 2.23. The third-order valence-corrected chi connectivity index (χ3v) is 4.27. The number of hydrogen-bond donors (Lipinski definition) is 0. The molecular weight excluding hydrogens is 322 g/mol. The Morgan fingerprint density at radius 3 is 3.00 bits per heavy atom. The fourth-order valence-electron chi connectivity index (χ4n) is 3.10. The van der Waals surface area contributed by atoms with Crippen molar-refractivity contribution in [2.45, 2.75) is 33.0 Å². The lowest BCUT2D eigenvalue weighted by molar-refractivity contribution is -0.0429. The molecule has 8 heteroatoms. The summed E-state index contributed by atoms with van der Waals surface area (Å²) < 4.78 is 18.5. The normalized spacial score (nSPS) is 18.7. The van der Waals surface area contributed by atoms with Crippen LogP contribution in [-0.2, 0) is 17.8 Å². The topological polar surface area (TPSA) is 82.4 Å². The molecule has 4 rings (SSSR count). The van der Waals surface area contributed by atoms with Gasteiger partial charge in [-0.15, -0.1) is 0 Å². The van der Waals surface area contributed by atoms with Crippen molar-refractivity contribution in [2.75, 3.05) is 19.7 Å². The minimum Gasteiger partial charge on any atom is -0.461 e. The van der Waals surface area contributed by atoms with Gasteiger partial charge in [0.15, 0.2) is 5.76 Å². The van der Waals surface area contributed by atoms with E-state index in [1.165, 1.54) is 0 Å². The van der Waals surface area contributed by atoms with Gasteiger partial charge in [-0.25, -0.2) is 0 Å². The van der Waals surface area contributed by atoms with Crippen LogP contribution in [0.5, 0.6) is 0 Å². The van der Waals surface area contributed by atoms with Crippen LogP contribution in [0.25, 0.3) is 11.6 Å². The standard InChI is InChI=1S/C17H21N5O3/c1-12-8-13(2)22(19-12)10-14-9-21(5-7-23-14)11-16-18-17(20-25-16)15-4-3-6-24-15/h3-4,6,8,14H,5,7,9-11H2,1-2H3/t14-/m1/s1. The fourth-order valence-corrected chi connectivity index (χ4v) is 3.10. The number of aryl methyl sites for hydroxylation is 2. The van der Waals surface area contributed by atoms with E-state index in [0.29, 0.717) is 30.6 Å². The third kappa shape index (κ3) is 3.64. The Labute approximate surface area is 145 Å². The quantitative estimate of drug-likeness (QED) is 0.701. The first-order chi connectivity index (χ1) is 12.2. The Kier molecular flexibility index (Phi) is 4.37. The fraction of sp³-hybridized carbons (Fsp3) is 0.471. The van der Waals surface area contributed by atoms with E-state index in [4.69, 9.17) is 13.7 Å². The van der Waals surface area contributed by atoms with Gasteiger partial charge in [-0.05, 0) is 32.0 Å². The van der Waals surface area contributed by atoms with Gasteiger partial charge in [0.25, 0.3) is 0 Å². The van der Waals surface area contributed by atoms with Crippen LogP contribution in [0.2, 0.25) is 0 Å². The van der Waals surface area contributed by atoms with Crippen molar-refractivity contribution in [2.24, 2.45) is 0 Å². The van der Waals surface area contributed by atoms with E-state index in [1.807, 2.05) is 17.7 Å². The minimum atomic E-state index is 0.0965. The van der Waals surface area contributed by atoms with E-state index in [1.54, 1.807) is 12.3 Å². The highest BCUT2D eigenvalue weighted by Crippen LogP contribution is 2.17. The van der Waals surface area contributed by atoms with Gasteiger partial charge in [0.05, 0.1) is 37.8 Å². The number of hydrogen-bond acceptors (Lipinski definition) is 7. The Bertz CT molecular complexity index is 823. The molecule has 0 bridgehead atoms. The van der Waals surface area contributed by atoms with Crippen LogP contribution in [-0.4, -0.2) is 50.6 Å². The smallest absolute Gasteiger partial charge is 0.241 e. The number of aromatic nitrogens is 4. The van der Waals surface area contributed by atoms with Gasteiger partial charge in [-0.2, -0.15) is 10.1 Å². The summed E-state index contributed by atoms with van der Waals surface area (Å²) in [5.41, 5.74) is 2.18. The van der Waals surface area contributed by atoms with Crippen molar-refractivity contribution in [3.63, 3.8) is 0 Å². The van der Waals surface area contributed by atoms with Crippen LogP contribution in [0.4, 0.5) is 0 Å². The molecule has 0 N–H and O–H groups in total. The highest BCUT2D eigenvalue weighted by molar-refractivity contribution is 5.44. The van der Waals surface area contributed by atoms with E-state index >= 15 is 0 Å². The number of morpholine rings is 1. The van der Waals surface area contributed by atoms with E-state index in [9.17, 15) is 0 Å². The van der Waals surface area contributed by atoms with Crippen molar-refractivity contribution >= 4 is 0 Å². The SMILES string of the molecule is Cc1cc(C)n(C[C@H]2CN(Cc3nc(-c4ccco4)no3)CCO2)n1. The first-order valence-corrected chi connectivity index (χ1v) is 8.39. The molecule has 0 amide bonds. The first kappa shape index (κ1) is 16.0. The molecule has 1 atom stereocenters. The average molecular weight is 343 g/mol. The zero-order chi connectivity index (χ0) is 17.2. The summed E-state index contributed by atoms with van der Waals surface area (Å²) in [6.07, 6.45) is 1.69. The molecule has 0 radical (unpaired) electrons. The van der Waals surface area contributed by atoms with Crippen LogP contribution in [0.3, 0.4) is 0 Å². The van der Waals surface area contributed by atoms with E-state index in [-0.39, 0.29) is 6.10 Å². The summed E-state index contributed by atoms with van der Waals surface area (Å²) in [5.74, 6) is 1.67. The molecule has 8 nitrogen and oxygen atoms in total. The summed E-state index contributed by atoms with van der Waals surface area (Å²) in [6, 6.07) is 5.69. The third-order valence-electron chi connectivity index (χ3n) is 4.27. The Balaban J connectivity index is 1.37. The number of nitrogens with zero attached hydrogens (tertiary/aromatic N) is 5. The number of furan rings is 1. The molecule has 1 aliphatic rings. The molecule has 132 valence electrons. The summed E-state index contributed by atoms with van der Waals surface area (Å²) in [4.78, 5) is 6.66. The zero-order valence-electron chi connectivity index (χ0n) is 14.4. The zero-order valence-corrected chi connectivity index (χ0v) is 14.4. The second-order valence-electron chi connectivity index (χ2n) is 6.33. The lowest BCUT2D eigenvalue weighted by Crippen LogP contribution is -2.44. The summed E-state index contributed by atoms with van der Waals surface area (Å²) >= 11 is 0. The number of ether oxygens (including phenoxy) is 1. The van der Waals surface area contributed by atoms with Crippen molar-refractivity contribution in [3.8, 4) is 11.6 Å². The van der Waals surface area contributed by atoms with Crippen LogP contribution in [0, 0.1) is 13.8 Å². The van der Waals surface area contributed by atoms with Crippen molar-refractivity contribution in [1.29, 1.82) is 0 Å². The molecule has 0 spiro atoms. The largest absolute Gasteiger partial charge is 0.461 e. The van der Waals surface area contributed by atoms with Crippen LogP contribution >= 0.6 is 0 Å². The van der Waals surface area contributed by atoms with Crippen molar-refractivity contribution < 1.29 is 13.7 Å². The lowest BCUT2D eigenvalue weighted by Gasteiger charge is -2.32. The second-order valence-corrected chi connectivity index (χ2v) is 6.33. The molecule has 0 unspecified atom stereocenters.